The molecule has 154 valence electrons. The molecule has 0 saturated heterocycles. The van der Waals surface area contributed by atoms with Gasteiger partial charge in [0.2, 0.25) is 0 Å². The molecule has 0 aromatic heterocycles. The normalized spacial score (nSPS) is 10.1. The van der Waals surface area contributed by atoms with E-state index in [1.807, 2.05) is 30.3 Å². The van der Waals surface area contributed by atoms with Crippen LogP contribution in [0.4, 0.5) is 16.2 Å². The Morgan fingerprint density at radius 1 is 0.767 bits per heavy atom. The number of benzene rings is 3. The van der Waals surface area contributed by atoms with Crippen molar-refractivity contribution in [1.82, 2.24) is 5.32 Å². The van der Waals surface area contributed by atoms with Crippen LogP contribution in [-0.4, -0.2) is 26.2 Å². The Kier molecular flexibility index (Phi) is 6.89. The quantitative estimate of drug-likeness (QED) is 0.547. The van der Waals surface area contributed by atoms with E-state index in [0.29, 0.717) is 35.0 Å². The number of nitrogens with one attached hydrogen (secondary N) is 3. The van der Waals surface area contributed by atoms with Crippen LogP contribution in [0.2, 0.25) is 0 Å². The molecule has 3 rings (SSSR count). The van der Waals surface area contributed by atoms with E-state index in [1.165, 1.54) is 7.11 Å². The molecule has 0 atom stereocenters. The number of carbonyl (C=O) groups is 2. The van der Waals surface area contributed by atoms with Crippen molar-refractivity contribution in [3.8, 4) is 11.5 Å². The topological polar surface area (TPSA) is 88.7 Å². The highest BCUT2D eigenvalue weighted by Gasteiger charge is 2.10. The second-order valence-corrected chi connectivity index (χ2v) is 6.40. The SMILES string of the molecule is COc1ccc(NC(=O)Nc2cccc(C(=O)NCc3ccccc3)c2)cc1OC. The van der Waals surface area contributed by atoms with Gasteiger partial charge in [0.15, 0.2) is 11.5 Å². The lowest BCUT2D eigenvalue weighted by molar-refractivity contribution is 0.0951. The summed E-state index contributed by atoms with van der Waals surface area (Å²) >= 11 is 0. The summed E-state index contributed by atoms with van der Waals surface area (Å²) in [6, 6.07) is 21.0. The molecule has 0 spiro atoms. The molecule has 0 aliphatic rings. The number of urea groups is 1. The van der Waals surface area contributed by atoms with Crippen molar-refractivity contribution in [2.75, 3.05) is 24.9 Å². The first-order valence-corrected chi connectivity index (χ1v) is 9.31. The van der Waals surface area contributed by atoms with Crippen LogP contribution in [0.3, 0.4) is 0 Å². The van der Waals surface area contributed by atoms with Gasteiger partial charge in [-0.05, 0) is 35.9 Å². The van der Waals surface area contributed by atoms with E-state index in [0.717, 1.165) is 5.56 Å². The first-order valence-electron chi connectivity index (χ1n) is 9.31. The minimum atomic E-state index is -0.441. The van der Waals surface area contributed by atoms with Crippen molar-refractivity contribution in [2.45, 2.75) is 6.54 Å². The number of rotatable bonds is 7. The first-order chi connectivity index (χ1) is 14.6. The summed E-state index contributed by atoms with van der Waals surface area (Å²) in [5.41, 5.74) is 2.51. The number of hydrogen-bond donors (Lipinski definition) is 3. The van der Waals surface area contributed by atoms with E-state index in [2.05, 4.69) is 16.0 Å². The van der Waals surface area contributed by atoms with Crippen molar-refractivity contribution in [3.05, 3.63) is 83.9 Å². The van der Waals surface area contributed by atoms with Crippen LogP contribution in [0, 0.1) is 0 Å². The molecule has 0 fully saturated rings. The van der Waals surface area contributed by atoms with Crippen molar-refractivity contribution in [3.63, 3.8) is 0 Å². The van der Waals surface area contributed by atoms with Gasteiger partial charge in [0, 0.05) is 29.5 Å². The van der Waals surface area contributed by atoms with E-state index in [-0.39, 0.29) is 5.91 Å². The summed E-state index contributed by atoms with van der Waals surface area (Å²) in [5, 5.41) is 8.32. The van der Waals surface area contributed by atoms with E-state index >= 15 is 0 Å². The van der Waals surface area contributed by atoms with Gasteiger partial charge < -0.3 is 25.4 Å². The van der Waals surface area contributed by atoms with Gasteiger partial charge in [-0.3, -0.25) is 4.79 Å². The predicted octanol–water partition coefficient (Wildman–Crippen LogP) is 4.28. The second-order valence-electron chi connectivity index (χ2n) is 6.40. The number of methoxy groups -OCH3 is 2. The molecular weight excluding hydrogens is 382 g/mol. The lowest BCUT2D eigenvalue weighted by atomic mass is 10.1. The lowest BCUT2D eigenvalue weighted by Gasteiger charge is -2.12. The van der Waals surface area contributed by atoms with Gasteiger partial charge in [-0.25, -0.2) is 4.79 Å². The van der Waals surface area contributed by atoms with Crippen LogP contribution in [0.25, 0.3) is 0 Å². The zero-order valence-corrected chi connectivity index (χ0v) is 16.8. The van der Waals surface area contributed by atoms with Crippen molar-refractivity contribution < 1.29 is 19.1 Å². The average Bonchev–Trinajstić information content (AvgIpc) is 2.78. The van der Waals surface area contributed by atoms with Crippen LogP contribution in [0.5, 0.6) is 11.5 Å². The third kappa shape index (κ3) is 5.51. The average molecular weight is 405 g/mol. The minimum Gasteiger partial charge on any atom is -0.493 e. The van der Waals surface area contributed by atoms with Crippen LogP contribution < -0.4 is 25.4 Å². The van der Waals surface area contributed by atoms with Crippen LogP contribution in [-0.2, 0) is 6.54 Å². The molecule has 30 heavy (non-hydrogen) atoms. The third-order valence-corrected chi connectivity index (χ3v) is 4.32. The molecule has 3 amide bonds. The molecule has 0 aliphatic heterocycles. The van der Waals surface area contributed by atoms with Gasteiger partial charge in [-0.1, -0.05) is 36.4 Å². The smallest absolute Gasteiger partial charge is 0.323 e. The Bertz CT molecular complexity index is 1020. The maximum absolute atomic E-state index is 12.4. The van der Waals surface area contributed by atoms with Crippen LogP contribution in [0.1, 0.15) is 15.9 Å². The standard InChI is InChI=1S/C23H23N3O4/c1-29-20-12-11-19(14-21(20)30-2)26-23(28)25-18-10-6-9-17(13-18)22(27)24-15-16-7-4-3-5-8-16/h3-14H,15H2,1-2H3,(H,24,27)(H2,25,26,28). The number of ether oxygens (including phenoxy) is 2. The molecule has 3 aromatic carbocycles. The fourth-order valence-electron chi connectivity index (χ4n) is 2.83. The highest BCUT2D eigenvalue weighted by Crippen LogP contribution is 2.29. The number of carbonyl (C=O) groups excluding carboxylic acids is 2. The van der Waals surface area contributed by atoms with Crippen molar-refractivity contribution in [2.24, 2.45) is 0 Å². The Morgan fingerprint density at radius 2 is 1.47 bits per heavy atom. The molecule has 3 aromatic rings. The molecule has 7 nitrogen and oxygen atoms in total. The first kappa shape index (κ1) is 20.7. The molecule has 0 bridgehead atoms. The summed E-state index contributed by atoms with van der Waals surface area (Å²) in [7, 11) is 3.07. The summed E-state index contributed by atoms with van der Waals surface area (Å²) in [6.07, 6.45) is 0. The second kappa shape index (κ2) is 9.97. The third-order valence-electron chi connectivity index (χ3n) is 4.32. The Hall–Kier alpha value is -4.00. The molecule has 0 heterocycles. The predicted molar refractivity (Wildman–Crippen MR) is 116 cm³/mol. The summed E-state index contributed by atoms with van der Waals surface area (Å²) in [6.45, 7) is 0.428. The Morgan fingerprint density at radius 3 is 2.17 bits per heavy atom. The molecule has 3 N–H and O–H groups in total. The number of anilines is 2. The minimum absolute atomic E-state index is 0.220. The molecule has 0 unspecified atom stereocenters. The summed E-state index contributed by atoms with van der Waals surface area (Å²) < 4.78 is 10.4. The lowest BCUT2D eigenvalue weighted by Crippen LogP contribution is -2.23. The molecule has 0 saturated carbocycles. The number of amides is 3. The van der Waals surface area contributed by atoms with E-state index in [1.54, 1.807) is 49.6 Å². The molecule has 7 heteroatoms. The molecular formula is C23H23N3O4. The van der Waals surface area contributed by atoms with Gasteiger partial charge in [0.25, 0.3) is 5.91 Å². The highest BCUT2D eigenvalue weighted by molar-refractivity contribution is 6.01. The zero-order valence-electron chi connectivity index (χ0n) is 16.8. The van der Waals surface area contributed by atoms with E-state index in [9.17, 15) is 9.59 Å². The number of hydrogen-bond acceptors (Lipinski definition) is 4. The summed E-state index contributed by atoms with van der Waals surface area (Å²) in [4.78, 5) is 24.7. The maximum atomic E-state index is 12.4. The van der Waals surface area contributed by atoms with E-state index < -0.39 is 6.03 Å². The monoisotopic (exact) mass is 405 g/mol. The maximum Gasteiger partial charge on any atom is 0.323 e. The summed E-state index contributed by atoms with van der Waals surface area (Å²) in [5.74, 6) is 0.855. The van der Waals surface area contributed by atoms with Gasteiger partial charge in [0.1, 0.15) is 0 Å². The Balaban J connectivity index is 1.60. The van der Waals surface area contributed by atoms with Gasteiger partial charge in [0.05, 0.1) is 14.2 Å². The van der Waals surface area contributed by atoms with Crippen LogP contribution >= 0.6 is 0 Å². The molecule has 0 radical (unpaired) electrons. The van der Waals surface area contributed by atoms with Crippen LogP contribution in [0.15, 0.2) is 72.8 Å². The fraction of sp³-hybridized carbons (Fsp3) is 0.130. The van der Waals surface area contributed by atoms with Crippen molar-refractivity contribution >= 4 is 23.3 Å². The molecule has 0 aliphatic carbocycles. The highest BCUT2D eigenvalue weighted by atomic mass is 16.5. The van der Waals surface area contributed by atoms with E-state index in [4.69, 9.17) is 9.47 Å². The van der Waals surface area contributed by atoms with Gasteiger partial charge in [-0.15, -0.1) is 0 Å². The largest absolute Gasteiger partial charge is 0.493 e. The van der Waals surface area contributed by atoms with Crippen molar-refractivity contribution in [1.29, 1.82) is 0 Å². The zero-order chi connectivity index (χ0) is 21.3. The fourth-order valence-corrected chi connectivity index (χ4v) is 2.83. The van der Waals surface area contributed by atoms with Gasteiger partial charge >= 0.3 is 6.03 Å². The Labute approximate surface area is 175 Å². The van der Waals surface area contributed by atoms with Gasteiger partial charge in [-0.2, -0.15) is 0 Å².